The molecule has 2 rings (SSSR count). The first-order valence-corrected chi connectivity index (χ1v) is 3.31. The Hall–Kier alpha value is 0.467. The van der Waals surface area contributed by atoms with E-state index in [0.717, 1.165) is 5.52 Å². The summed E-state index contributed by atoms with van der Waals surface area (Å²) in [6.07, 6.45) is 0. The summed E-state index contributed by atoms with van der Waals surface area (Å²) in [6.45, 7) is 0. The zero-order chi connectivity index (χ0) is 8.55. The second-order valence-corrected chi connectivity index (χ2v) is 2.35. The van der Waals surface area contributed by atoms with Crippen molar-refractivity contribution in [3.8, 4) is 0 Å². The first-order valence-electron chi connectivity index (χ1n) is 3.31. The Morgan fingerprint density at radius 2 is 2.14 bits per heavy atom. The Morgan fingerprint density at radius 3 is 2.79 bits per heavy atom. The minimum atomic E-state index is -0.958. The van der Waals surface area contributed by atoms with Crippen LogP contribution in [0.1, 0.15) is 10.4 Å². The van der Waals surface area contributed by atoms with E-state index in [1.54, 1.807) is 6.07 Å². The Bertz CT molecular complexity index is 445. The molecule has 7 heteroatoms. The summed E-state index contributed by atoms with van der Waals surface area (Å²) in [5.41, 5.74) is 1.52. The standard InChI is InChI=1S/C7H5N3O2.Ag.K.H/c11-7(12)4-1-2-5-6(3-4)9-10-8-5;;;/h1-3H,(H,11,12)(H,8,9,10);;;. The number of aromatic nitrogens is 3. The second kappa shape index (κ2) is 6.14. The number of nitrogens with one attached hydrogen (secondary N) is 1. The van der Waals surface area contributed by atoms with Crippen LogP contribution >= 0.6 is 0 Å². The minimum absolute atomic E-state index is 0. The molecular formula is C7H6AgKN3O2. The van der Waals surface area contributed by atoms with Gasteiger partial charge in [-0.25, -0.2) is 4.79 Å². The van der Waals surface area contributed by atoms with Crippen molar-refractivity contribution in [2.24, 2.45) is 0 Å². The molecule has 0 fully saturated rings. The predicted octanol–water partition coefficient (Wildman–Crippen LogP) is 0.00510. The Balaban J connectivity index is 0.000000845. The number of aromatic carboxylic acids is 1. The number of fused-ring (bicyclic) bond motifs is 1. The molecule has 73 valence electrons. The summed E-state index contributed by atoms with van der Waals surface area (Å²) in [5, 5.41) is 18.5. The fraction of sp³-hybridized carbons (Fsp3) is 0. The molecule has 0 amide bonds. The zero-order valence-electron chi connectivity index (χ0n) is 6.28. The maximum atomic E-state index is 10.5. The average Bonchev–Trinajstić information content (AvgIpc) is 2.49. The van der Waals surface area contributed by atoms with Crippen LogP contribution in [-0.4, -0.2) is 77.9 Å². The van der Waals surface area contributed by atoms with E-state index >= 15 is 0 Å². The third kappa shape index (κ3) is 2.98. The fourth-order valence-electron chi connectivity index (χ4n) is 0.975. The van der Waals surface area contributed by atoms with Crippen molar-refractivity contribution in [3.05, 3.63) is 23.8 Å². The molecule has 14 heavy (non-hydrogen) atoms. The number of hydrogen-bond acceptors (Lipinski definition) is 3. The molecule has 1 radical (unpaired) electrons. The van der Waals surface area contributed by atoms with Gasteiger partial charge in [-0.1, -0.05) is 5.21 Å². The molecule has 0 spiro atoms. The number of nitrogens with zero attached hydrogens (tertiary/aromatic N) is 2. The third-order valence-electron chi connectivity index (χ3n) is 1.57. The van der Waals surface area contributed by atoms with Crippen molar-refractivity contribution in [2.45, 2.75) is 0 Å². The van der Waals surface area contributed by atoms with Gasteiger partial charge in [-0.15, -0.1) is 5.10 Å². The first-order chi connectivity index (χ1) is 5.77. The van der Waals surface area contributed by atoms with Gasteiger partial charge in [0.2, 0.25) is 0 Å². The number of rotatable bonds is 1. The van der Waals surface area contributed by atoms with Gasteiger partial charge in [-0.2, -0.15) is 0 Å². The Morgan fingerprint density at radius 1 is 1.43 bits per heavy atom. The van der Waals surface area contributed by atoms with E-state index in [1.165, 1.54) is 12.1 Å². The fourth-order valence-corrected chi connectivity index (χ4v) is 0.975. The molecule has 2 N–H and O–H groups in total. The van der Waals surface area contributed by atoms with Gasteiger partial charge < -0.3 is 5.11 Å². The summed E-state index contributed by atoms with van der Waals surface area (Å²) < 4.78 is 0. The van der Waals surface area contributed by atoms with Crippen LogP contribution in [0.25, 0.3) is 11.0 Å². The molecular weight excluding hydrogens is 305 g/mol. The predicted molar refractivity (Wildman–Crippen MR) is 48.0 cm³/mol. The van der Waals surface area contributed by atoms with E-state index in [4.69, 9.17) is 5.11 Å². The monoisotopic (exact) mass is 310 g/mol. The number of carbonyl (C=O) groups is 1. The van der Waals surface area contributed by atoms with Gasteiger partial charge in [0, 0.05) is 22.4 Å². The number of aromatic amines is 1. The normalized spacial score (nSPS) is 8.86. The van der Waals surface area contributed by atoms with Crippen molar-refractivity contribution < 1.29 is 32.3 Å². The van der Waals surface area contributed by atoms with Crippen LogP contribution < -0.4 is 0 Å². The molecule has 0 unspecified atom stereocenters. The molecule has 5 nitrogen and oxygen atoms in total. The molecule has 0 aliphatic carbocycles. The molecule has 2 aromatic rings. The molecule has 1 aromatic heterocycles. The molecule has 0 saturated heterocycles. The van der Waals surface area contributed by atoms with E-state index in [0.29, 0.717) is 5.52 Å². The van der Waals surface area contributed by atoms with E-state index < -0.39 is 5.97 Å². The van der Waals surface area contributed by atoms with Crippen LogP contribution in [0.2, 0.25) is 0 Å². The zero-order valence-corrected chi connectivity index (χ0v) is 7.77. The van der Waals surface area contributed by atoms with E-state index in [1.807, 2.05) is 0 Å². The number of H-pyrrole nitrogens is 1. The number of carboxylic acids is 1. The summed E-state index contributed by atoms with van der Waals surface area (Å²) >= 11 is 0. The topological polar surface area (TPSA) is 78.9 Å². The van der Waals surface area contributed by atoms with Crippen LogP contribution in [0.4, 0.5) is 0 Å². The molecule has 1 aromatic carbocycles. The van der Waals surface area contributed by atoms with E-state index in [-0.39, 0.29) is 79.3 Å². The van der Waals surface area contributed by atoms with Crippen molar-refractivity contribution >= 4 is 68.4 Å². The first kappa shape index (κ1) is 14.5. The van der Waals surface area contributed by atoms with Crippen LogP contribution in [-0.2, 0) is 22.4 Å². The van der Waals surface area contributed by atoms with Crippen LogP contribution in [0.15, 0.2) is 18.2 Å². The van der Waals surface area contributed by atoms with Crippen LogP contribution in [0.3, 0.4) is 0 Å². The summed E-state index contributed by atoms with van der Waals surface area (Å²) in [6, 6.07) is 4.62. The summed E-state index contributed by atoms with van der Waals surface area (Å²) in [5.74, 6) is -0.958. The number of carboxylic acid groups (broad SMARTS) is 1. The molecule has 0 bridgehead atoms. The quantitative estimate of drug-likeness (QED) is 0.727. The van der Waals surface area contributed by atoms with Crippen molar-refractivity contribution in [1.29, 1.82) is 0 Å². The molecule has 0 aliphatic rings. The average molecular weight is 311 g/mol. The van der Waals surface area contributed by atoms with Gasteiger partial charge >= 0.3 is 57.4 Å². The Labute approximate surface area is 138 Å². The van der Waals surface area contributed by atoms with Crippen molar-refractivity contribution in [2.75, 3.05) is 0 Å². The maximum absolute atomic E-state index is 10.5. The van der Waals surface area contributed by atoms with E-state index in [2.05, 4.69) is 15.4 Å². The second-order valence-electron chi connectivity index (χ2n) is 2.35. The van der Waals surface area contributed by atoms with E-state index in [9.17, 15) is 4.79 Å². The molecule has 1 heterocycles. The molecule has 0 atom stereocenters. The van der Waals surface area contributed by atoms with Crippen LogP contribution in [0.5, 0.6) is 0 Å². The molecule has 0 aliphatic heterocycles. The SMILES string of the molecule is O=C(O)c1ccc2[nH]nnc2c1.[Ag].[KH]. The van der Waals surface area contributed by atoms with Crippen molar-refractivity contribution in [3.63, 3.8) is 0 Å². The van der Waals surface area contributed by atoms with Crippen LogP contribution in [0, 0.1) is 0 Å². The summed E-state index contributed by atoms with van der Waals surface area (Å²) in [7, 11) is 0. The number of hydrogen-bond donors (Lipinski definition) is 2. The number of benzene rings is 1. The van der Waals surface area contributed by atoms with Gasteiger partial charge in [-0.05, 0) is 18.2 Å². The third-order valence-corrected chi connectivity index (χ3v) is 1.57. The Kier molecular flexibility index (Phi) is 6.34. The van der Waals surface area contributed by atoms with Gasteiger partial charge in [0.1, 0.15) is 5.52 Å². The van der Waals surface area contributed by atoms with Gasteiger partial charge in [0.15, 0.2) is 0 Å². The van der Waals surface area contributed by atoms with Gasteiger partial charge in [0.25, 0.3) is 0 Å². The van der Waals surface area contributed by atoms with Gasteiger partial charge in [0.05, 0.1) is 11.1 Å². The van der Waals surface area contributed by atoms with Gasteiger partial charge in [-0.3, -0.25) is 5.10 Å². The van der Waals surface area contributed by atoms with Crippen molar-refractivity contribution in [1.82, 2.24) is 15.4 Å². The summed E-state index contributed by atoms with van der Waals surface area (Å²) in [4.78, 5) is 10.5. The molecule has 0 saturated carbocycles.